The topological polar surface area (TPSA) is 67.9 Å². The molecule has 0 bridgehead atoms. The van der Waals surface area contributed by atoms with Gasteiger partial charge in [-0.25, -0.2) is 0 Å². The fourth-order valence-electron chi connectivity index (χ4n) is 2.82. The summed E-state index contributed by atoms with van der Waals surface area (Å²) in [5.74, 6) is 1.00. The van der Waals surface area contributed by atoms with E-state index in [1.54, 1.807) is 18.2 Å². The van der Waals surface area contributed by atoms with Gasteiger partial charge >= 0.3 is 0 Å². The second-order valence-corrected chi connectivity index (χ2v) is 6.62. The second-order valence-electron chi connectivity index (χ2n) is 6.62. The summed E-state index contributed by atoms with van der Waals surface area (Å²) >= 11 is 0. The van der Waals surface area contributed by atoms with Crippen LogP contribution in [0.4, 0.5) is 5.69 Å². The third-order valence-electron chi connectivity index (χ3n) is 4.36. The molecule has 3 rings (SSSR count). The third kappa shape index (κ3) is 5.00. The molecule has 0 unspecified atom stereocenters. The number of hydrogen-bond donors (Lipinski definition) is 1. The van der Waals surface area contributed by atoms with Crippen molar-refractivity contribution < 1.29 is 19.1 Å². The van der Waals surface area contributed by atoms with E-state index in [9.17, 15) is 9.59 Å². The number of amides is 1. The van der Waals surface area contributed by atoms with Gasteiger partial charge in [0.1, 0.15) is 13.2 Å². The van der Waals surface area contributed by atoms with Gasteiger partial charge in [-0.15, -0.1) is 0 Å². The Kier molecular flexibility index (Phi) is 5.96. The van der Waals surface area contributed by atoms with Crippen LogP contribution in [-0.2, 0) is 11.3 Å². The lowest BCUT2D eigenvalue weighted by Crippen LogP contribution is -2.23. The largest absolute Gasteiger partial charge is 0.486 e. The number of carbonyl (C=O) groups is 2. The first-order chi connectivity index (χ1) is 13.0. The van der Waals surface area contributed by atoms with Gasteiger partial charge in [-0.2, -0.15) is 0 Å². The van der Waals surface area contributed by atoms with Crippen LogP contribution in [0.5, 0.6) is 11.5 Å². The zero-order valence-corrected chi connectivity index (χ0v) is 15.7. The van der Waals surface area contributed by atoms with E-state index >= 15 is 0 Å². The summed E-state index contributed by atoms with van der Waals surface area (Å²) in [7, 11) is 3.95. The van der Waals surface area contributed by atoms with Crippen molar-refractivity contribution in [2.24, 2.45) is 0 Å². The maximum atomic E-state index is 12.3. The number of anilines is 1. The van der Waals surface area contributed by atoms with Gasteiger partial charge in [0, 0.05) is 44.7 Å². The molecular formula is C21H24N2O4. The Morgan fingerprint density at radius 3 is 2.56 bits per heavy atom. The Hall–Kier alpha value is -3.02. The molecule has 0 spiro atoms. The summed E-state index contributed by atoms with van der Waals surface area (Å²) in [5.41, 5.74) is 2.63. The zero-order valence-electron chi connectivity index (χ0n) is 15.7. The molecule has 0 radical (unpaired) electrons. The van der Waals surface area contributed by atoms with Gasteiger partial charge in [0.25, 0.3) is 0 Å². The van der Waals surface area contributed by atoms with Gasteiger partial charge in [0.2, 0.25) is 5.91 Å². The molecule has 0 atom stereocenters. The van der Waals surface area contributed by atoms with E-state index in [-0.39, 0.29) is 24.5 Å². The first kappa shape index (κ1) is 18.8. The lowest BCUT2D eigenvalue weighted by Gasteiger charge is -2.18. The predicted molar refractivity (Wildman–Crippen MR) is 104 cm³/mol. The Morgan fingerprint density at radius 2 is 1.78 bits per heavy atom. The number of benzene rings is 2. The molecular weight excluding hydrogens is 344 g/mol. The average molecular weight is 368 g/mol. The first-order valence-corrected chi connectivity index (χ1v) is 8.99. The summed E-state index contributed by atoms with van der Waals surface area (Å²) in [6.45, 7) is 1.43. The molecule has 142 valence electrons. The van der Waals surface area contributed by atoms with Gasteiger partial charge in [-0.05, 0) is 35.9 Å². The van der Waals surface area contributed by atoms with E-state index in [0.29, 0.717) is 36.8 Å². The van der Waals surface area contributed by atoms with E-state index in [0.717, 1.165) is 11.3 Å². The fraction of sp³-hybridized carbons (Fsp3) is 0.333. The molecule has 27 heavy (non-hydrogen) atoms. The molecule has 0 saturated heterocycles. The summed E-state index contributed by atoms with van der Waals surface area (Å²) in [5, 5.41) is 2.87. The number of ketones is 1. The molecule has 0 fully saturated rings. The molecule has 2 aromatic rings. The number of carbonyl (C=O) groups excluding carboxylic acids is 2. The van der Waals surface area contributed by atoms with E-state index in [2.05, 4.69) is 5.32 Å². The number of nitrogens with one attached hydrogen (secondary N) is 1. The maximum absolute atomic E-state index is 12.3. The lowest BCUT2D eigenvalue weighted by atomic mass is 10.1. The minimum atomic E-state index is -0.142. The quantitative estimate of drug-likeness (QED) is 0.761. The molecule has 2 aromatic carbocycles. The van der Waals surface area contributed by atoms with E-state index in [4.69, 9.17) is 9.47 Å². The highest BCUT2D eigenvalue weighted by Gasteiger charge is 2.15. The number of fused-ring (bicyclic) bond motifs is 1. The van der Waals surface area contributed by atoms with Crippen LogP contribution in [0.25, 0.3) is 0 Å². The summed E-state index contributed by atoms with van der Waals surface area (Å²) in [4.78, 5) is 26.4. The van der Waals surface area contributed by atoms with Crippen LogP contribution in [0.15, 0.2) is 42.5 Å². The molecule has 1 amide bonds. The van der Waals surface area contributed by atoms with E-state index in [1.807, 2.05) is 43.3 Å². The van der Waals surface area contributed by atoms with Crippen molar-refractivity contribution in [1.29, 1.82) is 0 Å². The van der Waals surface area contributed by atoms with Crippen molar-refractivity contribution in [3.05, 3.63) is 53.6 Å². The molecule has 6 heteroatoms. The summed E-state index contributed by atoms with van der Waals surface area (Å²) in [6, 6.07) is 13.1. The minimum absolute atomic E-state index is 0.0864. The van der Waals surface area contributed by atoms with Gasteiger partial charge < -0.3 is 19.7 Å². The predicted octanol–water partition coefficient (Wildman–Crippen LogP) is 2.80. The number of hydrogen-bond acceptors (Lipinski definition) is 5. The van der Waals surface area contributed by atoms with Crippen molar-refractivity contribution in [2.75, 3.05) is 32.2 Å². The Labute approximate surface area is 159 Å². The van der Waals surface area contributed by atoms with Crippen LogP contribution in [-0.4, -0.2) is 39.0 Å². The highest BCUT2D eigenvalue weighted by Crippen LogP contribution is 2.31. The Balaban J connectivity index is 1.49. The molecule has 6 nitrogen and oxygen atoms in total. The standard InChI is InChI=1S/C21H24N2O4/c1-23(2)17-5-3-4-15(12-17)14-22-21(25)9-7-18(24)16-6-8-19-20(13-16)27-11-10-26-19/h3-6,8,12-13H,7,9-11,14H2,1-2H3,(H,22,25). The Bertz CT molecular complexity index is 833. The van der Waals surface area contributed by atoms with Crippen molar-refractivity contribution in [1.82, 2.24) is 5.32 Å². The van der Waals surface area contributed by atoms with Crippen LogP contribution in [0.3, 0.4) is 0 Å². The Morgan fingerprint density at radius 1 is 1.00 bits per heavy atom. The van der Waals surface area contributed by atoms with Crippen LogP contribution in [0.1, 0.15) is 28.8 Å². The van der Waals surface area contributed by atoms with Crippen molar-refractivity contribution in [2.45, 2.75) is 19.4 Å². The molecule has 1 aliphatic heterocycles. The van der Waals surface area contributed by atoms with Crippen molar-refractivity contribution in [3.63, 3.8) is 0 Å². The van der Waals surface area contributed by atoms with Crippen molar-refractivity contribution in [3.8, 4) is 11.5 Å². The smallest absolute Gasteiger partial charge is 0.220 e. The van der Waals surface area contributed by atoms with Crippen molar-refractivity contribution >= 4 is 17.4 Å². The zero-order chi connectivity index (χ0) is 19.2. The van der Waals surface area contributed by atoms with Crippen LogP contribution in [0.2, 0.25) is 0 Å². The molecule has 0 aliphatic carbocycles. The third-order valence-corrected chi connectivity index (χ3v) is 4.36. The lowest BCUT2D eigenvalue weighted by molar-refractivity contribution is -0.121. The van der Waals surface area contributed by atoms with Gasteiger partial charge in [-0.3, -0.25) is 9.59 Å². The minimum Gasteiger partial charge on any atom is -0.486 e. The number of rotatable bonds is 7. The number of nitrogens with zero attached hydrogens (tertiary/aromatic N) is 1. The van der Waals surface area contributed by atoms with Crippen LogP contribution < -0.4 is 19.7 Å². The van der Waals surface area contributed by atoms with E-state index in [1.165, 1.54) is 0 Å². The molecule has 1 aliphatic rings. The number of ether oxygens (including phenoxy) is 2. The summed E-state index contributed by atoms with van der Waals surface area (Å²) in [6.07, 6.45) is 0.309. The SMILES string of the molecule is CN(C)c1cccc(CNC(=O)CCC(=O)c2ccc3c(c2)OCCO3)c1. The molecule has 0 saturated carbocycles. The number of Topliss-reactive ketones (excluding diaryl/α,β-unsaturated/α-hetero) is 1. The first-order valence-electron chi connectivity index (χ1n) is 8.99. The fourth-order valence-corrected chi connectivity index (χ4v) is 2.82. The molecule has 1 heterocycles. The molecule has 1 N–H and O–H groups in total. The highest BCUT2D eigenvalue weighted by molar-refractivity contribution is 5.98. The van der Waals surface area contributed by atoms with Gasteiger partial charge in [-0.1, -0.05) is 12.1 Å². The average Bonchev–Trinajstić information content (AvgIpc) is 2.70. The van der Waals surface area contributed by atoms with Crippen LogP contribution in [0, 0.1) is 0 Å². The van der Waals surface area contributed by atoms with Gasteiger partial charge in [0.05, 0.1) is 0 Å². The van der Waals surface area contributed by atoms with Gasteiger partial charge in [0.15, 0.2) is 17.3 Å². The van der Waals surface area contributed by atoms with Crippen LogP contribution >= 0.6 is 0 Å². The summed E-state index contributed by atoms with van der Waals surface area (Å²) < 4.78 is 10.9. The second kappa shape index (κ2) is 8.58. The normalized spacial score (nSPS) is 12.4. The monoisotopic (exact) mass is 368 g/mol. The maximum Gasteiger partial charge on any atom is 0.220 e. The molecule has 0 aromatic heterocycles. The highest BCUT2D eigenvalue weighted by atomic mass is 16.6. The van der Waals surface area contributed by atoms with E-state index < -0.39 is 0 Å².